The molecule has 0 aliphatic carbocycles. The van der Waals surface area contributed by atoms with Crippen molar-refractivity contribution in [3.63, 3.8) is 0 Å². The van der Waals surface area contributed by atoms with Crippen LogP contribution in [0.3, 0.4) is 0 Å². The van der Waals surface area contributed by atoms with Gasteiger partial charge in [-0.3, -0.25) is 0 Å². The standard InChI is InChI=1S/C17H19NO/c1-12-7-9-14(10-8-12)17(2,19)16-15-6-4-3-5-13(15)11-18-16/h3-10,16,18-19H,11H2,1-2H3. The summed E-state index contributed by atoms with van der Waals surface area (Å²) in [6.45, 7) is 4.77. The van der Waals surface area contributed by atoms with E-state index >= 15 is 0 Å². The predicted molar refractivity (Wildman–Crippen MR) is 76.8 cm³/mol. The van der Waals surface area contributed by atoms with E-state index in [-0.39, 0.29) is 6.04 Å². The van der Waals surface area contributed by atoms with Crippen molar-refractivity contribution < 1.29 is 5.11 Å². The first-order valence-corrected chi connectivity index (χ1v) is 6.70. The molecular formula is C17H19NO. The molecule has 2 aromatic carbocycles. The second-order valence-electron chi connectivity index (χ2n) is 5.53. The minimum atomic E-state index is -0.902. The molecular weight excluding hydrogens is 234 g/mol. The lowest BCUT2D eigenvalue weighted by atomic mass is 9.84. The van der Waals surface area contributed by atoms with Crippen molar-refractivity contribution in [1.29, 1.82) is 0 Å². The van der Waals surface area contributed by atoms with E-state index in [2.05, 4.69) is 24.4 Å². The van der Waals surface area contributed by atoms with Gasteiger partial charge < -0.3 is 10.4 Å². The van der Waals surface area contributed by atoms with Crippen LogP contribution >= 0.6 is 0 Å². The van der Waals surface area contributed by atoms with Gasteiger partial charge in [-0.2, -0.15) is 0 Å². The second-order valence-corrected chi connectivity index (χ2v) is 5.53. The summed E-state index contributed by atoms with van der Waals surface area (Å²) in [7, 11) is 0. The zero-order chi connectivity index (χ0) is 13.5. The molecule has 0 saturated carbocycles. The lowest BCUT2D eigenvalue weighted by molar-refractivity contribution is 0.0177. The van der Waals surface area contributed by atoms with E-state index in [9.17, 15) is 5.11 Å². The zero-order valence-electron chi connectivity index (χ0n) is 11.4. The van der Waals surface area contributed by atoms with Crippen molar-refractivity contribution in [2.75, 3.05) is 0 Å². The van der Waals surface area contributed by atoms with Crippen LogP contribution in [0, 0.1) is 6.92 Å². The predicted octanol–water partition coefficient (Wildman–Crippen LogP) is 3.05. The summed E-state index contributed by atoms with van der Waals surface area (Å²) in [6, 6.07) is 16.4. The average Bonchev–Trinajstić information content (AvgIpc) is 2.83. The molecule has 2 unspecified atom stereocenters. The van der Waals surface area contributed by atoms with Crippen LogP contribution in [-0.4, -0.2) is 5.11 Å². The van der Waals surface area contributed by atoms with Crippen LogP contribution < -0.4 is 5.32 Å². The molecule has 0 bridgehead atoms. The Hall–Kier alpha value is -1.64. The molecule has 1 aliphatic heterocycles. The Morgan fingerprint density at radius 2 is 1.79 bits per heavy atom. The SMILES string of the molecule is Cc1ccc(C(C)(O)C2NCc3ccccc32)cc1. The van der Waals surface area contributed by atoms with Crippen LogP contribution in [0.15, 0.2) is 48.5 Å². The van der Waals surface area contributed by atoms with Crippen molar-refractivity contribution in [2.24, 2.45) is 0 Å². The first-order valence-electron chi connectivity index (χ1n) is 6.70. The fraction of sp³-hybridized carbons (Fsp3) is 0.294. The minimum Gasteiger partial charge on any atom is -0.383 e. The summed E-state index contributed by atoms with van der Waals surface area (Å²) in [5.74, 6) is 0. The largest absolute Gasteiger partial charge is 0.383 e. The van der Waals surface area contributed by atoms with Gasteiger partial charge in [-0.05, 0) is 30.5 Å². The molecule has 2 aromatic rings. The van der Waals surface area contributed by atoms with E-state index in [1.54, 1.807) is 0 Å². The molecule has 0 fully saturated rings. The highest BCUT2D eigenvalue weighted by atomic mass is 16.3. The number of nitrogens with one attached hydrogen (secondary N) is 1. The van der Waals surface area contributed by atoms with Gasteiger partial charge >= 0.3 is 0 Å². The highest BCUT2D eigenvalue weighted by molar-refractivity contribution is 5.39. The molecule has 0 aromatic heterocycles. The number of rotatable bonds is 2. The molecule has 19 heavy (non-hydrogen) atoms. The van der Waals surface area contributed by atoms with Crippen LogP contribution in [0.2, 0.25) is 0 Å². The highest BCUT2D eigenvalue weighted by Crippen LogP contribution is 2.39. The third kappa shape index (κ3) is 2.07. The maximum atomic E-state index is 11.0. The summed E-state index contributed by atoms with van der Waals surface area (Å²) in [6.07, 6.45) is 0. The lowest BCUT2D eigenvalue weighted by Gasteiger charge is -2.31. The Morgan fingerprint density at radius 1 is 1.11 bits per heavy atom. The summed E-state index contributed by atoms with van der Waals surface area (Å²) < 4.78 is 0. The van der Waals surface area contributed by atoms with Crippen molar-refractivity contribution in [2.45, 2.75) is 32.0 Å². The molecule has 2 heteroatoms. The Balaban J connectivity index is 2.00. The molecule has 0 spiro atoms. The van der Waals surface area contributed by atoms with Crippen molar-refractivity contribution in [3.8, 4) is 0 Å². The van der Waals surface area contributed by atoms with E-state index in [0.29, 0.717) is 0 Å². The van der Waals surface area contributed by atoms with E-state index in [4.69, 9.17) is 0 Å². The first-order chi connectivity index (χ1) is 9.09. The number of benzene rings is 2. The Labute approximate surface area is 114 Å². The first kappa shape index (κ1) is 12.4. The fourth-order valence-electron chi connectivity index (χ4n) is 2.86. The van der Waals surface area contributed by atoms with Gasteiger partial charge in [-0.25, -0.2) is 0 Å². The van der Waals surface area contributed by atoms with Crippen LogP contribution in [0.1, 0.15) is 35.2 Å². The van der Waals surface area contributed by atoms with Gasteiger partial charge in [-0.1, -0.05) is 54.1 Å². The summed E-state index contributed by atoms with van der Waals surface area (Å²) in [4.78, 5) is 0. The number of hydrogen-bond donors (Lipinski definition) is 2. The van der Waals surface area contributed by atoms with E-state index in [1.165, 1.54) is 16.7 Å². The molecule has 2 nitrogen and oxygen atoms in total. The van der Waals surface area contributed by atoms with Crippen LogP contribution in [0.25, 0.3) is 0 Å². The van der Waals surface area contributed by atoms with Gasteiger partial charge in [0.15, 0.2) is 0 Å². The van der Waals surface area contributed by atoms with Gasteiger partial charge in [0.1, 0.15) is 5.60 Å². The molecule has 2 atom stereocenters. The molecule has 98 valence electrons. The van der Waals surface area contributed by atoms with Crippen molar-refractivity contribution >= 4 is 0 Å². The fourth-order valence-corrected chi connectivity index (χ4v) is 2.86. The molecule has 2 N–H and O–H groups in total. The van der Waals surface area contributed by atoms with Crippen LogP contribution in [0.4, 0.5) is 0 Å². The highest BCUT2D eigenvalue weighted by Gasteiger charge is 2.38. The Bertz CT molecular complexity index is 586. The number of aryl methyl sites for hydroxylation is 1. The third-order valence-corrected chi connectivity index (χ3v) is 4.06. The molecule has 0 saturated heterocycles. The monoisotopic (exact) mass is 253 g/mol. The normalized spacial score (nSPS) is 20.9. The molecule has 3 rings (SSSR count). The maximum absolute atomic E-state index is 11.0. The van der Waals surface area contributed by atoms with Gasteiger partial charge in [-0.15, -0.1) is 0 Å². The maximum Gasteiger partial charge on any atom is 0.106 e. The Kier molecular flexibility index (Phi) is 2.92. The number of aliphatic hydroxyl groups is 1. The smallest absolute Gasteiger partial charge is 0.106 e. The van der Waals surface area contributed by atoms with Crippen LogP contribution in [0.5, 0.6) is 0 Å². The average molecular weight is 253 g/mol. The van der Waals surface area contributed by atoms with Crippen molar-refractivity contribution in [1.82, 2.24) is 5.32 Å². The van der Waals surface area contributed by atoms with Crippen molar-refractivity contribution in [3.05, 3.63) is 70.8 Å². The van der Waals surface area contributed by atoms with Gasteiger partial charge in [0.2, 0.25) is 0 Å². The summed E-state index contributed by atoms with van der Waals surface area (Å²) in [5.41, 5.74) is 3.74. The second kappa shape index (κ2) is 4.48. The lowest BCUT2D eigenvalue weighted by Crippen LogP contribution is -2.35. The van der Waals surface area contributed by atoms with E-state index in [0.717, 1.165) is 12.1 Å². The van der Waals surface area contributed by atoms with E-state index < -0.39 is 5.60 Å². The molecule has 1 heterocycles. The van der Waals surface area contributed by atoms with Gasteiger partial charge in [0.25, 0.3) is 0 Å². The topological polar surface area (TPSA) is 32.3 Å². The molecule has 0 radical (unpaired) electrons. The van der Waals surface area contributed by atoms with Gasteiger partial charge in [0, 0.05) is 6.54 Å². The zero-order valence-corrected chi connectivity index (χ0v) is 11.4. The summed E-state index contributed by atoms with van der Waals surface area (Å²) in [5, 5.41) is 14.4. The minimum absolute atomic E-state index is 0.0496. The van der Waals surface area contributed by atoms with Gasteiger partial charge in [0.05, 0.1) is 6.04 Å². The molecule has 1 aliphatic rings. The third-order valence-electron chi connectivity index (χ3n) is 4.06. The molecule has 0 amide bonds. The van der Waals surface area contributed by atoms with Crippen LogP contribution in [-0.2, 0) is 12.1 Å². The van der Waals surface area contributed by atoms with E-state index in [1.807, 2.05) is 43.3 Å². The quantitative estimate of drug-likeness (QED) is 0.862. The Morgan fingerprint density at radius 3 is 2.53 bits per heavy atom. The number of hydrogen-bond acceptors (Lipinski definition) is 2. The summed E-state index contributed by atoms with van der Waals surface area (Å²) >= 11 is 0. The number of fused-ring (bicyclic) bond motifs is 1.